The van der Waals surface area contributed by atoms with Gasteiger partial charge < -0.3 is 16.4 Å². The average Bonchev–Trinajstić information content (AvgIpc) is 2.81. The standard InChI is InChI=1S/C13H19N3O/c1-16(9-5-2-3-6-9)12-10(13(15)17)7-4-8-11(12)14/h4,7-9H,2-3,5-6,14H2,1H3,(H2,15,17). The third-order valence-corrected chi connectivity index (χ3v) is 3.56. The van der Waals surface area contributed by atoms with Crippen molar-refractivity contribution in [2.24, 2.45) is 5.73 Å². The summed E-state index contributed by atoms with van der Waals surface area (Å²) in [7, 11) is 1.99. The molecule has 0 aromatic heterocycles. The summed E-state index contributed by atoms with van der Waals surface area (Å²) in [6.45, 7) is 0. The molecule has 4 N–H and O–H groups in total. The number of benzene rings is 1. The summed E-state index contributed by atoms with van der Waals surface area (Å²) in [5.41, 5.74) is 13.3. The molecule has 1 aromatic rings. The number of rotatable bonds is 3. The van der Waals surface area contributed by atoms with E-state index >= 15 is 0 Å². The highest BCUT2D eigenvalue weighted by Crippen LogP contribution is 2.33. The van der Waals surface area contributed by atoms with E-state index in [0.29, 0.717) is 17.3 Å². The van der Waals surface area contributed by atoms with E-state index in [1.165, 1.54) is 12.8 Å². The van der Waals surface area contributed by atoms with Crippen LogP contribution in [0.15, 0.2) is 18.2 Å². The van der Waals surface area contributed by atoms with Crippen molar-refractivity contribution in [1.29, 1.82) is 0 Å². The van der Waals surface area contributed by atoms with Crippen LogP contribution in [0.5, 0.6) is 0 Å². The Morgan fingerprint density at radius 1 is 1.35 bits per heavy atom. The number of anilines is 2. The van der Waals surface area contributed by atoms with Gasteiger partial charge in [0.1, 0.15) is 0 Å². The summed E-state index contributed by atoms with van der Waals surface area (Å²) in [5.74, 6) is -0.419. The van der Waals surface area contributed by atoms with Crippen molar-refractivity contribution in [3.05, 3.63) is 23.8 Å². The zero-order valence-corrected chi connectivity index (χ0v) is 10.1. The van der Waals surface area contributed by atoms with Crippen molar-refractivity contribution in [3.63, 3.8) is 0 Å². The number of hydrogen-bond donors (Lipinski definition) is 2. The molecule has 0 saturated heterocycles. The van der Waals surface area contributed by atoms with Gasteiger partial charge in [0.2, 0.25) is 0 Å². The first-order valence-electron chi connectivity index (χ1n) is 6.02. The molecule has 1 aromatic carbocycles. The summed E-state index contributed by atoms with van der Waals surface area (Å²) in [4.78, 5) is 13.5. The van der Waals surface area contributed by atoms with Gasteiger partial charge in [0, 0.05) is 13.1 Å². The summed E-state index contributed by atoms with van der Waals surface area (Å²) in [6.07, 6.45) is 4.80. The van der Waals surface area contributed by atoms with Crippen molar-refractivity contribution in [3.8, 4) is 0 Å². The van der Waals surface area contributed by atoms with Crippen LogP contribution in [0.2, 0.25) is 0 Å². The Labute approximate surface area is 102 Å². The molecule has 2 rings (SSSR count). The first-order chi connectivity index (χ1) is 8.11. The maximum Gasteiger partial charge on any atom is 0.250 e. The molecule has 4 nitrogen and oxygen atoms in total. The molecular formula is C13H19N3O. The van der Waals surface area contributed by atoms with Gasteiger partial charge in [-0.3, -0.25) is 4.79 Å². The molecule has 1 aliphatic carbocycles. The molecule has 0 aliphatic heterocycles. The Hall–Kier alpha value is -1.71. The highest BCUT2D eigenvalue weighted by molar-refractivity contribution is 6.01. The largest absolute Gasteiger partial charge is 0.397 e. The van der Waals surface area contributed by atoms with Crippen LogP contribution in [0.4, 0.5) is 11.4 Å². The number of nitrogens with two attached hydrogens (primary N) is 2. The maximum absolute atomic E-state index is 11.4. The quantitative estimate of drug-likeness (QED) is 0.781. The van der Waals surface area contributed by atoms with Crippen molar-refractivity contribution in [1.82, 2.24) is 0 Å². The highest BCUT2D eigenvalue weighted by Gasteiger charge is 2.24. The van der Waals surface area contributed by atoms with Crippen LogP contribution in [0.25, 0.3) is 0 Å². The minimum absolute atomic E-state index is 0.419. The predicted molar refractivity (Wildman–Crippen MR) is 70.0 cm³/mol. The van der Waals surface area contributed by atoms with E-state index in [1.807, 2.05) is 13.1 Å². The Bertz CT molecular complexity index is 425. The van der Waals surface area contributed by atoms with Crippen LogP contribution >= 0.6 is 0 Å². The van der Waals surface area contributed by atoms with E-state index in [0.717, 1.165) is 18.5 Å². The molecule has 0 radical (unpaired) electrons. The molecule has 0 heterocycles. The van der Waals surface area contributed by atoms with Gasteiger partial charge in [-0.05, 0) is 25.0 Å². The highest BCUT2D eigenvalue weighted by atomic mass is 16.1. The molecule has 1 fully saturated rings. The molecule has 1 saturated carbocycles. The van der Waals surface area contributed by atoms with Gasteiger partial charge in [-0.2, -0.15) is 0 Å². The van der Waals surface area contributed by atoms with Crippen LogP contribution < -0.4 is 16.4 Å². The molecule has 0 bridgehead atoms. The van der Waals surface area contributed by atoms with E-state index in [4.69, 9.17) is 11.5 Å². The van der Waals surface area contributed by atoms with Crippen LogP contribution in [0.3, 0.4) is 0 Å². The maximum atomic E-state index is 11.4. The first-order valence-corrected chi connectivity index (χ1v) is 6.02. The van der Waals surface area contributed by atoms with Gasteiger partial charge in [-0.1, -0.05) is 18.9 Å². The Morgan fingerprint density at radius 3 is 2.59 bits per heavy atom. The molecular weight excluding hydrogens is 214 g/mol. The molecule has 0 atom stereocenters. The second kappa shape index (κ2) is 4.65. The molecule has 0 spiro atoms. The third-order valence-electron chi connectivity index (χ3n) is 3.56. The summed E-state index contributed by atoms with van der Waals surface area (Å²) in [6, 6.07) is 5.78. The van der Waals surface area contributed by atoms with Crippen LogP contribution in [0.1, 0.15) is 36.0 Å². The second-order valence-corrected chi connectivity index (χ2v) is 4.66. The monoisotopic (exact) mass is 233 g/mol. The topological polar surface area (TPSA) is 72.3 Å². The Kier molecular flexibility index (Phi) is 3.22. The van der Waals surface area contributed by atoms with E-state index < -0.39 is 5.91 Å². The van der Waals surface area contributed by atoms with Crippen molar-refractivity contribution in [2.45, 2.75) is 31.7 Å². The van der Waals surface area contributed by atoms with Crippen molar-refractivity contribution >= 4 is 17.3 Å². The lowest BCUT2D eigenvalue weighted by atomic mass is 10.1. The molecule has 1 aliphatic rings. The van der Waals surface area contributed by atoms with Crippen LogP contribution in [-0.2, 0) is 0 Å². The van der Waals surface area contributed by atoms with Gasteiger partial charge in [0.25, 0.3) is 5.91 Å². The van der Waals surface area contributed by atoms with Crippen LogP contribution in [0, 0.1) is 0 Å². The summed E-state index contributed by atoms with van der Waals surface area (Å²) >= 11 is 0. The average molecular weight is 233 g/mol. The smallest absolute Gasteiger partial charge is 0.250 e. The van der Waals surface area contributed by atoms with Gasteiger partial charge >= 0.3 is 0 Å². The number of hydrogen-bond acceptors (Lipinski definition) is 3. The van der Waals surface area contributed by atoms with E-state index in [-0.39, 0.29) is 0 Å². The van der Waals surface area contributed by atoms with Crippen LogP contribution in [-0.4, -0.2) is 19.0 Å². The normalized spacial score (nSPS) is 16.1. The lowest BCUT2D eigenvalue weighted by Crippen LogP contribution is -2.31. The van der Waals surface area contributed by atoms with E-state index in [9.17, 15) is 4.79 Å². The van der Waals surface area contributed by atoms with Gasteiger partial charge in [-0.15, -0.1) is 0 Å². The fraction of sp³-hybridized carbons (Fsp3) is 0.462. The second-order valence-electron chi connectivity index (χ2n) is 4.66. The van der Waals surface area contributed by atoms with Gasteiger partial charge in [0.05, 0.1) is 16.9 Å². The number of primary amides is 1. The minimum Gasteiger partial charge on any atom is -0.397 e. The number of carbonyl (C=O) groups is 1. The lowest BCUT2D eigenvalue weighted by molar-refractivity contribution is 0.100. The van der Waals surface area contributed by atoms with Crippen molar-refractivity contribution < 1.29 is 4.79 Å². The Balaban J connectivity index is 2.38. The SMILES string of the molecule is CN(c1c(N)cccc1C(N)=O)C1CCCC1. The summed E-state index contributed by atoms with van der Waals surface area (Å²) in [5, 5.41) is 0. The number of amides is 1. The fourth-order valence-corrected chi connectivity index (χ4v) is 2.63. The minimum atomic E-state index is -0.419. The number of nitrogen functional groups attached to an aromatic ring is 1. The summed E-state index contributed by atoms with van der Waals surface area (Å²) < 4.78 is 0. The van der Waals surface area contributed by atoms with Gasteiger partial charge in [0.15, 0.2) is 0 Å². The lowest BCUT2D eigenvalue weighted by Gasteiger charge is -2.29. The molecule has 4 heteroatoms. The van der Waals surface area contributed by atoms with E-state index in [1.54, 1.807) is 12.1 Å². The predicted octanol–water partition coefficient (Wildman–Crippen LogP) is 1.75. The number of para-hydroxylation sites is 1. The molecule has 1 amide bonds. The van der Waals surface area contributed by atoms with Crippen molar-refractivity contribution in [2.75, 3.05) is 17.7 Å². The molecule has 17 heavy (non-hydrogen) atoms. The first kappa shape index (κ1) is 11.8. The zero-order valence-electron chi connectivity index (χ0n) is 10.1. The molecule has 0 unspecified atom stereocenters. The van der Waals surface area contributed by atoms with Gasteiger partial charge in [-0.25, -0.2) is 0 Å². The fourth-order valence-electron chi connectivity index (χ4n) is 2.63. The number of nitrogens with zero attached hydrogens (tertiary/aromatic N) is 1. The van der Waals surface area contributed by atoms with E-state index in [2.05, 4.69) is 4.90 Å². The third kappa shape index (κ3) is 2.20. The Morgan fingerprint density at radius 2 is 2.00 bits per heavy atom. The zero-order chi connectivity index (χ0) is 12.4. The number of carbonyl (C=O) groups excluding carboxylic acids is 1. The molecule has 92 valence electrons.